The first-order chi connectivity index (χ1) is 15.3. The van der Waals surface area contributed by atoms with Gasteiger partial charge in [0.1, 0.15) is 0 Å². The number of rotatable bonds is 1. The van der Waals surface area contributed by atoms with Crippen LogP contribution in [-0.2, 0) is 0 Å². The second kappa shape index (κ2) is 7.39. The van der Waals surface area contributed by atoms with Gasteiger partial charge in [0.25, 0.3) is 5.69 Å². The van der Waals surface area contributed by atoms with Crippen LogP contribution in [0.4, 0.5) is 21.0 Å². The van der Waals surface area contributed by atoms with Crippen molar-refractivity contribution in [2.45, 2.75) is 49.9 Å². The van der Waals surface area contributed by atoms with Crippen LogP contribution in [0.1, 0.15) is 72.1 Å². The molecule has 4 aliphatic rings. The van der Waals surface area contributed by atoms with Gasteiger partial charge in [-0.3, -0.25) is 19.7 Å². The summed E-state index contributed by atoms with van der Waals surface area (Å²) in [4.78, 5) is 36.4. The molecule has 0 spiro atoms. The number of fused-ring (bicyclic) bond motifs is 10. The van der Waals surface area contributed by atoms with Crippen molar-refractivity contribution >= 4 is 38.7 Å². The predicted molar refractivity (Wildman–Crippen MR) is 119 cm³/mol. The van der Waals surface area contributed by atoms with Crippen LogP contribution in [0.2, 0.25) is 0 Å². The van der Waals surface area contributed by atoms with E-state index in [9.17, 15) is 19.7 Å². The van der Waals surface area contributed by atoms with E-state index >= 15 is 0 Å². The number of hydrogen-bond donors (Lipinski definition) is 1. The topological polar surface area (TPSA) is 110 Å². The predicted octanol–water partition coefficient (Wildman–Crippen LogP) is 3.82. The molecule has 0 aliphatic carbocycles. The van der Waals surface area contributed by atoms with Gasteiger partial charge in [0.15, 0.2) is 11.6 Å². The number of nitrogens with zero attached hydrogens (tertiary/aromatic N) is 3. The number of carbonyl (C=O) groups is 2. The zero-order valence-electron chi connectivity index (χ0n) is 17.3. The van der Waals surface area contributed by atoms with Gasteiger partial charge in [0.05, 0.1) is 29.1 Å². The van der Waals surface area contributed by atoms with Gasteiger partial charge < -0.3 is 15.5 Å². The van der Waals surface area contributed by atoms with Gasteiger partial charge in [-0.05, 0) is 66.1 Å². The Balaban J connectivity index is 0.000000136. The Morgan fingerprint density at radius 2 is 1.25 bits per heavy atom. The minimum Gasteiger partial charge on any atom is -0.399 e. The van der Waals surface area contributed by atoms with E-state index in [0.29, 0.717) is 0 Å². The highest BCUT2D eigenvalue weighted by atomic mass is 16.6. The van der Waals surface area contributed by atoms with E-state index < -0.39 is 10.7 Å². The van der Waals surface area contributed by atoms with E-state index in [1.807, 2.05) is 18.2 Å². The fraction of sp³-hybridized carbons (Fsp3) is 0.364. The average molecular weight is 426 g/mol. The highest BCUT2D eigenvalue weighted by Crippen LogP contribution is 2.54. The summed E-state index contributed by atoms with van der Waals surface area (Å²) in [7, 11) is 10.7. The van der Waals surface area contributed by atoms with E-state index in [1.165, 1.54) is 17.2 Å². The van der Waals surface area contributed by atoms with E-state index in [4.69, 9.17) is 21.4 Å². The van der Waals surface area contributed by atoms with E-state index in [1.54, 1.807) is 21.9 Å². The number of anilines is 1. The maximum atomic E-state index is 11.4. The summed E-state index contributed by atoms with van der Waals surface area (Å²) in [5.74, 6) is -0.770. The van der Waals surface area contributed by atoms with Crippen molar-refractivity contribution in [2.24, 2.45) is 0 Å². The maximum Gasteiger partial charge on any atom is 0.269 e. The van der Waals surface area contributed by atoms with Crippen LogP contribution in [0.3, 0.4) is 0 Å². The summed E-state index contributed by atoms with van der Waals surface area (Å²) in [6.45, 7) is 0. The zero-order chi connectivity index (χ0) is 22.7. The van der Waals surface area contributed by atoms with Gasteiger partial charge in [0.2, 0.25) is 15.7 Å². The summed E-state index contributed by atoms with van der Waals surface area (Å²) >= 11 is 0. The number of hydrogen-bond acceptors (Lipinski definition) is 5. The summed E-state index contributed by atoms with van der Waals surface area (Å²) < 4.78 is 0. The van der Waals surface area contributed by atoms with E-state index in [0.717, 1.165) is 42.5 Å². The molecule has 158 valence electrons. The Morgan fingerprint density at radius 1 is 0.812 bits per heavy atom. The summed E-state index contributed by atoms with van der Waals surface area (Å²) in [6, 6.07) is 10.9. The number of carbonyl (C=O) groups excluding carboxylic acids is 2. The molecule has 8 nitrogen and oxygen atoms in total. The Labute approximate surface area is 187 Å². The molecule has 4 unspecified atom stereocenters. The van der Waals surface area contributed by atoms with Gasteiger partial charge in [-0.25, -0.2) is 0 Å². The van der Waals surface area contributed by atoms with E-state index in [2.05, 4.69) is 0 Å². The SMILES string of the molecule is [B]C(=O)N1C2CCC1c1cc(N)ccc12.[B]C(=O)N1C2CCC1c1cc([N+](=O)[O-])ccc12. The lowest BCUT2D eigenvalue weighted by molar-refractivity contribution is -0.384. The molecule has 2 saturated heterocycles. The van der Waals surface area contributed by atoms with Gasteiger partial charge >= 0.3 is 0 Å². The smallest absolute Gasteiger partial charge is 0.269 e. The first kappa shape index (κ1) is 20.6. The van der Waals surface area contributed by atoms with Crippen molar-refractivity contribution in [1.82, 2.24) is 9.80 Å². The van der Waals surface area contributed by atoms with Crippen molar-refractivity contribution in [3.05, 3.63) is 68.8 Å². The van der Waals surface area contributed by atoms with Crippen LogP contribution >= 0.6 is 0 Å². The minimum absolute atomic E-state index is 0.00769. The largest absolute Gasteiger partial charge is 0.399 e. The van der Waals surface area contributed by atoms with Gasteiger partial charge in [-0.15, -0.1) is 0 Å². The number of nitro groups is 1. The zero-order valence-corrected chi connectivity index (χ0v) is 17.3. The Morgan fingerprint density at radius 3 is 1.72 bits per heavy atom. The molecule has 2 N–H and O–H groups in total. The molecule has 2 amide bonds. The monoisotopic (exact) mass is 426 g/mol. The molecule has 2 aromatic carbocycles. The molecule has 10 heteroatoms. The highest BCUT2D eigenvalue weighted by molar-refractivity contribution is 6.57. The number of amides is 2. The number of nitrogen functional groups attached to an aromatic ring is 1. The van der Waals surface area contributed by atoms with Crippen LogP contribution in [0, 0.1) is 10.1 Å². The van der Waals surface area contributed by atoms with Gasteiger partial charge in [-0.1, -0.05) is 6.07 Å². The molecule has 6 rings (SSSR count). The van der Waals surface area contributed by atoms with Crippen LogP contribution in [0.5, 0.6) is 0 Å². The minimum atomic E-state index is -0.448. The Kier molecular flexibility index (Phi) is 4.76. The molecule has 4 atom stereocenters. The van der Waals surface area contributed by atoms with Crippen molar-refractivity contribution in [3.63, 3.8) is 0 Å². The number of nitrogens with two attached hydrogens (primary N) is 1. The van der Waals surface area contributed by atoms with Crippen LogP contribution in [0.15, 0.2) is 36.4 Å². The summed E-state index contributed by atoms with van der Waals surface area (Å²) in [6.07, 6.45) is 3.74. The molecule has 2 aromatic rings. The standard InChI is InChI=1S/C11H9BN2O3.C11H11BN2O/c12-11(15)13-9-3-4-10(13)8-5-6(14(16)17)1-2-7(8)9;12-11(15)14-9-3-4-10(14)8-5-6(13)1-2-7(8)9/h1-2,5,9-10H,3-4H2;1-2,5,9-10H,3-4,13H2. The molecule has 4 heterocycles. The molecule has 4 bridgehead atoms. The number of non-ortho nitro benzene ring substituents is 1. The second-order valence-corrected chi connectivity index (χ2v) is 8.67. The molecular formula is C22H20B2N4O4. The fourth-order valence-corrected chi connectivity index (χ4v) is 5.91. The quantitative estimate of drug-likeness (QED) is 0.323. The maximum absolute atomic E-state index is 11.4. The molecule has 32 heavy (non-hydrogen) atoms. The van der Waals surface area contributed by atoms with E-state index in [-0.39, 0.29) is 35.7 Å². The van der Waals surface area contributed by atoms with Crippen LogP contribution < -0.4 is 5.73 Å². The van der Waals surface area contributed by atoms with Crippen molar-refractivity contribution in [3.8, 4) is 0 Å². The highest BCUT2D eigenvalue weighted by Gasteiger charge is 2.46. The molecule has 0 aromatic heterocycles. The van der Waals surface area contributed by atoms with Crippen molar-refractivity contribution in [2.75, 3.05) is 5.73 Å². The van der Waals surface area contributed by atoms with Crippen molar-refractivity contribution < 1.29 is 14.5 Å². The molecule has 4 radical (unpaired) electrons. The lowest BCUT2D eigenvalue weighted by Gasteiger charge is -2.20. The number of benzene rings is 2. The third-order valence-corrected chi connectivity index (χ3v) is 7.11. The lowest BCUT2D eigenvalue weighted by Crippen LogP contribution is -2.26. The Hall–Kier alpha value is -3.29. The lowest BCUT2D eigenvalue weighted by atomic mass is 9.91. The summed E-state index contributed by atoms with van der Waals surface area (Å²) in [5.41, 5.74) is 10.9. The van der Waals surface area contributed by atoms with Gasteiger partial charge in [-0.2, -0.15) is 0 Å². The van der Waals surface area contributed by atoms with Gasteiger partial charge in [0, 0.05) is 17.8 Å². The second-order valence-electron chi connectivity index (χ2n) is 8.67. The summed E-state index contributed by atoms with van der Waals surface area (Å²) in [5, 5.41) is 10.7. The third kappa shape index (κ3) is 3.00. The fourth-order valence-electron chi connectivity index (χ4n) is 5.91. The van der Waals surface area contributed by atoms with Crippen molar-refractivity contribution in [1.29, 1.82) is 0 Å². The molecular weight excluding hydrogens is 406 g/mol. The normalized spacial score (nSPS) is 25.8. The van der Waals surface area contributed by atoms with Crippen LogP contribution in [0.25, 0.3) is 0 Å². The molecule has 0 saturated carbocycles. The first-order valence-corrected chi connectivity index (χ1v) is 10.6. The van der Waals surface area contributed by atoms with Crippen LogP contribution in [-0.4, -0.2) is 42.0 Å². The third-order valence-electron chi connectivity index (χ3n) is 7.11. The average Bonchev–Trinajstić information content (AvgIpc) is 3.51. The molecule has 2 fully saturated rings. The first-order valence-electron chi connectivity index (χ1n) is 10.6. The Bertz CT molecular complexity index is 1160. The number of nitro benzene ring substituents is 1. The molecule has 4 aliphatic heterocycles.